The number of aryl methyl sites for hydroxylation is 1. The molecule has 1 aromatic heterocycles. The summed E-state index contributed by atoms with van der Waals surface area (Å²) in [5.41, 5.74) is 1.18. The first-order chi connectivity index (χ1) is 9.86. The fourth-order valence-corrected chi connectivity index (χ4v) is 5.39. The lowest BCUT2D eigenvalue weighted by molar-refractivity contribution is 0.424. The molecule has 0 saturated heterocycles. The molecule has 0 aliphatic heterocycles. The normalized spacial score (nSPS) is 12.0. The molecular formula is C13H14Cl2N2O2S2. The van der Waals surface area contributed by atoms with E-state index in [9.17, 15) is 8.42 Å². The third-order valence-electron chi connectivity index (χ3n) is 2.96. The predicted octanol–water partition coefficient (Wildman–Crippen LogP) is 3.97. The molecule has 21 heavy (non-hydrogen) atoms. The van der Waals surface area contributed by atoms with E-state index in [4.69, 9.17) is 23.2 Å². The Hall–Kier alpha value is -0.660. The highest BCUT2D eigenvalue weighted by atomic mass is 35.5. The molecule has 0 amide bonds. The number of rotatable bonds is 5. The minimum absolute atomic E-state index is 0.182. The Balaban J connectivity index is 2.37. The van der Waals surface area contributed by atoms with Crippen LogP contribution >= 0.6 is 34.5 Å². The van der Waals surface area contributed by atoms with Crippen LogP contribution in [0.15, 0.2) is 28.5 Å². The fourth-order valence-electron chi connectivity index (χ4n) is 1.89. The molecule has 0 unspecified atom stereocenters. The second-order valence-corrected chi connectivity index (χ2v) is 8.48. The molecule has 0 aliphatic carbocycles. The van der Waals surface area contributed by atoms with Crippen molar-refractivity contribution in [2.75, 3.05) is 6.54 Å². The molecular weight excluding hydrogens is 351 g/mol. The van der Waals surface area contributed by atoms with E-state index >= 15 is 0 Å². The maximum Gasteiger partial charge on any atom is 0.254 e. The zero-order valence-electron chi connectivity index (χ0n) is 11.5. The minimum atomic E-state index is -3.63. The standard InChI is InChI=1S/C13H14Cl2N2O2S2/c1-3-17(8-10-6-4-5-7-11(10)14)21(18,19)12-9(2)16-13(15)20-12/h4-7H,3,8H2,1-2H3. The molecule has 114 valence electrons. The molecule has 0 saturated carbocycles. The van der Waals surface area contributed by atoms with Crippen molar-refractivity contribution >= 4 is 44.6 Å². The van der Waals surface area contributed by atoms with E-state index in [0.717, 1.165) is 16.9 Å². The molecule has 2 aromatic rings. The largest absolute Gasteiger partial charge is 0.254 e. The Kier molecular flexibility index (Phi) is 5.27. The summed E-state index contributed by atoms with van der Waals surface area (Å²) in [5, 5.41) is 0.546. The number of aromatic nitrogens is 1. The number of nitrogens with zero attached hydrogens (tertiary/aromatic N) is 2. The summed E-state index contributed by atoms with van der Waals surface area (Å²) in [5.74, 6) is 0. The van der Waals surface area contributed by atoms with E-state index in [2.05, 4.69) is 4.98 Å². The summed E-state index contributed by atoms with van der Waals surface area (Å²) in [6.45, 7) is 3.97. The fraction of sp³-hybridized carbons (Fsp3) is 0.308. The summed E-state index contributed by atoms with van der Waals surface area (Å²) >= 11 is 12.9. The molecule has 1 aromatic carbocycles. The molecule has 0 atom stereocenters. The zero-order chi connectivity index (χ0) is 15.6. The van der Waals surface area contributed by atoms with Crippen LogP contribution < -0.4 is 0 Å². The van der Waals surface area contributed by atoms with Crippen molar-refractivity contribution in [2.45, 2.75) is 24.6 Å². The molecule has 0 aliphatic rings. The van der Waals surface area contributed by atoms with Crippen LogP contribution in [0, 0.1) is 6.92 Å². The number of sulfonamides is 1. The smallest absolute Gasteiger partial charge is 0.229 e. The van der Waals surface area contributed by atoms with Gasteiger partial charge in [-0.05, 0) is 18.6 Å². The highest BCUT2D eigenvalue weighted by molar-refractivity contribution is 7.91. The Bertz CT molecular complexity index is 744. The van der Waals surface area contributed by atoms with Crippen molar-refractivity contribution < 1.29 is 8.42 Å². The van der Waals surface area contributed by atoms with Crippen LogP contribution in [0.25, 0.3) is 0 Å². The summed E-state index contributed by atoms with van der Waals surface area (Å²) < 4.78 is 27.2. The van der Waals surface area contributed by atoms with Crippen molar-refractivity contribution in [1.29, 1.82) is 0 Å². The lowest BCUT2D eigenvalue weighted by Crippen LogP contribution is -2.30. The number of halogens is 2. The highest BCUT2D eigenvalue weighted by Crippen LogP contribution is 2.30. The van der Waals surface area contributed by atoms with Crippen LogP contribution in [-0.2, 0) is 16.6 Å². The van der Waals surface area contributed by atoms with E-state index in [1.54, 1.807) is 19.9 Å². The predicted molar refractivity (Wildman–Crippen MR) is 86.6 cm³/mol. The van der Waals surface area contributed by atoms with E-state index < -0.39 is 10.0 Å². The monoisotopic (exact) mass is 364 g/mol. The van der Waals surface area contributed by atoms with Gasteiger partial charge in [-0.1, -0.05) is 59.7 Å². The first-order valence-electron chi connectivity index (χ1n) is 6.22. The van der Waals surface area contributed by atoms with Crippen molar-refractivity contribution in [3.8, 4) is 0 Å². The average molecular weight is 365 g/mol. The van der Waals surface area contributed by atoms with Gasteiger partial charge in [-0.25, -0.2) is 13.4 Å². The molecule has 1 heterocycles. The quantitative estimate of drug-likeness (QED) is 0.806. The van der Waals surface area contributed by atoms with Gasteiger partial charge in [0.05, 0.1) is 5.69 Å². The minimum Gasteiger partial charge on any atom is -0.229 e. The third kappa shape index (κ3) is 3.57. The Morgan fingerprint density at radius 1 is 1.29 bits per heavy atom. The van der Waals surface area contributed by atoms with Gasteiger partial charge in [-0.2, -0.15) is 4.31 Å². The first-order valence-corrected chi connectivity index (χ1v) is 9.24. The van der Waals surface area contributed by atoms with Gasteiger partial charge in [0.25, 0.3) is 10.0 Å². The number of hydrogen-bond acceptors (Lipinski definition) is 4. The van der Waals surface area contributed by atoms with Crippen molar-refractivity contribution in [2.24, 2.45) is 0 Å². The molecule has 4 nitrogen and oxygen atoms in total. The van der Waals surface area contributed by atoms with Gasteiger partial charge in [0.2, 0.25) is 0 Å². The van der Waals surface area contributed by atoms with Crippen LogP contribution in [0.1, 0.15) is 18.2 Å². The number of thiazole rings is 1. The second-order valence-electron chi connectivity index (χ2n) is 4.36. The topological polar surface area (TPSA) is 50.3 Å². The molecule has 0 fully saturated rings. The van der Waals surface area contributed by atoms with Gasteiger partial charge < -0.3 is 0 Å². The summed E-state index contributed by atoms with van der Waals surface area (Å²) in [6, 6.07) is 7.19. The highest BCUT2D eigenvalue weighted by Gasteiger charge is 2.28. The van der Waals surface area contributed by atoms with Gasteiger partial charge in [0, 0.05) is 18.1 Å². The van der Waals surface area contributed by atoms with E-state index in [1.165, 1.54) is 4.31 Å². The maximum atomic E-state index is 12.7. The summed E-state index contributed by atoms with van der Waals surface area (Å²) in [6.07, 6.45) is 0. The zero-order valence-corrected chi connectivity index (χ0v) is 14.7. The number of benzene rings is 1. The number of hydrogen-bond donors (Lipinski definition) is 0. The lowest BCUT2D eigenvalue weighted by atomic mass is 10.2. The van der Waals surface area contributed by atoms with Gasteiger partial charge in [0.15, 0.2) is 8.68 Å². The van der Waals surface area contributed by atoms with Gasteiger partial charge in [0.1, 0.15) is 0 Å². The van der Waals surface area contributed by atoms with Crippen LogP contribution in [0.5, 0.6) is 0 Å². The molecule has 0 spiro atoms. The van der Waals surface area contributed by atoms with Gasteiger partial charge in [-0.15, -0.1) is 0 Å². The maximum absolute atomic E-state index is 12.7. The summed E-state index contributed by atoms with van der Waals surface area (Å²) in [4.78, 5) is 3.97. The average Bonchev–Trinajstić information content (AvgIpc) is 2.77. The second kappa shape index (κ2) is 6.62. The van der Waals surface area contributed by atoms with Crippen molar-refractivity contribution in [3.63, 3.8) is 0 Å². The van der Waals surface area contributed by atoms with Crippen molar-refractivity contribution in [1.82, 2.24) is 9.29 Å². The van der Waals surface area contributed by atoms with Crippen LogP contribution in [0.3, 0.4) is 0 Å². The van der Waals surface area contributed by atoms with Gasteiger partial charge >= 0.3 is 0 Å². The van der Waals surface area contributed by atoms with Crippen LogP contribution in [-0.4, -0.2) is 24.3 Å². The van der Waals surface area contributed by atoms with E-state index in [1.807, 2.05) is 18.2 Å². The molecule has 0 radical (unpaired) electrons. The first kappa shape index (κ1) is 16.7. The molecule has 8 heteroatoms. The third-order valence-corrected chi connectivity index (χ3v) is 7.10. The van der Waals surface area contributed by atoms with Crippen LogP contribution in [0.4, 0.5) is 0 Å². The Labute approximate surface area is 138 Å². The van der Waals surface area contributed by atoms with E-state index in [-0.39, 0.29) is 15.2 Å². The van der Waals surface area contributed by atoms with Crippen molar-refractivity contribution in [3.05, 3.63) is 45.0 Å². The lowest BCUT2D eigenvalue weighted by Gasteiger charge is -2.20. The van der Waals surface area contributed by atoms with E-state index in [0.29, 0.717) is 17.3 Å². The van der Waals surface area contributed by atoms with Crippen LogP contribution in [0.2, 0.25) is 9.49 Å². The molecule has 0 bridgehead atoms. The van der Waals surface area contributed by atoms with Gasteiger partial charge in [-0.3, -0.25) is 0 Å². The molecule has 2 rings (SSSR count). The SMILES string of the molecule is CCN(Cc1ccccc1Cl)S(=O)(=O)c1sc(Cl)nc1C. The Morgan fingerprint density at radius 2 is 1.95 bits per heavy atom. The molecule has 0 N–H and O–H groups in total. The Morgan fingerprint density at radius 3 is 2.48 bits per heavy atom. The summed E-state index contributed by atoms with van der Waals surface area (Å²) in [7, 11) is -3.63.